The third-order valence-corrected chi connectivity index (χ3v) is 3.73. The summed E-state index contributed by atoms with van der Waals surface area (Å²) in [6, 6.07) is 8.35. The molecule has 1 aliphatic rings. The van der Waals surface area contributed by atoms with Gasteiger partial charge in [0.05, 0.1) is 5.52 Å². The van der Waals surface area contributed by atoms with Crippen LogP contribution in [0.1, 0.15) is 25.7 Å². The largest absolute Gasteiger partial charge is 0.399 e. The second-order valence-electron chi connectivity index (χ2n) is 4.94. The lowest BCUT2D eigenvalue weighted by molar-refractivity contribution is 0.466. The average Bonchev–Trinajstić information content (AvgIpc) is 2.90. The Balaban J connectivity index is 1.93. The maximum Gasteiger partial charge on any atom is 0.0500 e. The summed E-state index contributed by atoms with van der Waals surface area (Å²) in [6.07, 6.45) is 7.80. The highest BCUT2D eigenvalue weighted by atomic mass is 15.0. The molecular formula is C14H18N2. The Kier molecular flexibility index (Phi) is 2.35. The minimum Gasteiger partial charge on any atom is -0.399 e. The first-order valence-electron chi connectivity index (χ1n) is 6.17. The molecule has 0 radical (unpaired) electrons. The molecule has 2 heteroatoms. The number of nitrogen functional groups attached to an aromatic ring is 1. The van der Waals surface area contributed by atoms with Gasteiger partial charge in [0.25, 0.3) is 0 Å². The van der Waals surface area contributed by atoms with Gasteiger partial charge in [-0.3, -0.25) is 0 Å². The molecule has 1 aliphatic carbocycles. The number of benzene rings is 1. The van der Waals surface area contributed by atoms with Crippen LogP contribution in [0, 0.1) is 5.92 Å². The Labute approximate surface area is 96.1 Å². The fourth-order valence-corrected chi connectivity index (χ4v) is 2.83. The molecule has 0 amide bonds. The second kappa shape index (κ2) is 3.85. The fourth-order valence-electron chi connectivity index (χ4n) is 2.83. The third-order valence-electron chi connectivity index (χ3n) is 3.73. The van der Waals surface area contributed by atoms with Crippen LogP contribution in [-0.2, 0) is 6.54 Å². The Bertz CT molecular complexity index is 492. The first kappa shape index (κ1) is 9.76. The molecule has 2 N–H and O–H groups in total. The summed E-state index contributed by atoms with van der Waals surface area (Å²) in [6.45, 7) is 1.16. The molecule has 0 bridgehead atoms. The molecule has 0 unspecified atom stereocenters. The average molecular weight is 214 g/mol. The summed E-state index contributed by atoms with van der Waals surface area (Å²) >= 11 is 0. The van der Waals surface area contributed by atoms with Gasteiger partial charge in [0, 0.05) is 18.4 Å². The summed E-state index contributed by atoms with van der Waals surface area (Å²) in [4.78, 5) is 0. The van der Waals surface area contributed by atoms with E-state index in [-0.39, 0.29) is 0 Å². The molecule has 0 aliphatic heterocycles. The summed E-state index contributed by atoms with van der Waals surface area (Å²) in [5.41, 5.74) is 7.99. The Morgan fingerprint density at radius 3 is 2.81 bits per heavy atom. The van der Waals surface area contributed by atoms with Crippen molar-refractivity contribution in [1.29, 1.82) is 0 Å². The standard InChI is InChI=1S/C14H18N2/c15-13-6-5-12-7-8-16(14(12)9-13)10-11-3-1-2-4-11/h5-9,11H,1-4,10,15H2. The van der Waals surface area contributed by atoms with Gasteiger partial charge in [0.15, 0.2) is 0 Å². The van der Waals surface area contributed by atoms with Crippen LogP contribution in [0.5, 0.6) is 0 Å². The van der Waals surface area contributed by atoms with E-state index in [1.165, 1.54) is 36.6 Å². The van der Waals surface area contributed by atoms with Crippen molar-refractivity contribution in [3.63, 3.8) is 0 Å². The van der Waals surface area contributed by atoms with Gasteiger partial charge in [0.2, 0.25) is 0 Å². The van der Waals surface area contributed by atoms with Crippen LogP contribution in [0.4, 0.5) is 5.69 Å². The van der Waals surface area contributed by atoms with Crippen LogP contribution in [-0.4, -0.2) is 4.57 Å². The Morgan fingerprint density at radius 2 is 2.00 bits per heavy atom. The van der Waals surface area contributed by atoms with Gasteiger partial charge < -0.3 is 10.3 Å². The molecule has 1 saturated carbocycles. The highest BCUT2D eigenvalue weighted by Crippen LogP contribution is 2.28. The molecule has 0 saturated heterocycles. The normalized spacial score (nSPS) is 17.2. The molecule has 84 valence electrons. The van der Waals surface area contributed by atoms with Crippen molar-refractivity contribution in [2.75, 3.05) is 5.73 Å². The predicted octanol–water partition coefficient (Wildman–Crippen LogP) is 3.41. The van der Waals surface area contributed by atoms with Crippen LogP contribution in [0.15, 0.2) is 30.5 Å². The van der Waals surface area contributed by atoms with Crippen molar-refractivity contribution >= 4 is 16.6 Å². The fraction of sp³-hybridized carbons (Fsp3) is 0.429. The van der Waals surface area contributed by atoms with Gasteiger partial charge in [-0.1, -0.05) is 18.9 Å². The number of aromatic nitrogens is 1. The number of rotatable bonds is 2. The summed E-state index contributed by atoms with van der Waals surface area (Å²) in [5.74, 6) is 0.872. The Morgan fingerprint density at radius 1 is 1.19 bits per heavy atom. The number of nitrogens with zero attached hydrogens (tertiary/aromatic N) is 1. The van der Waals surface area contributed by atoms with Crippen LogP contribution < -0.4 is 5.73 Å². The van der Waals surface area contributed by atoms with Crippen molar-refractivity contribution in [2.24, 2.45) is 5.92 Å². The third kappa shape index (κ3) is 1.69. The molecule has 2 nitrogen and oxygen atoms in total. The zero-order chi connectivity index (χ0) is 11.0. The van der Waals surface area contributed by atoms with Crippen LogP contribution in [0.3, 0.4) is 0 Å². The van der Waals surface area contributed by atoms with Crippen molar-refractivity contribution in [1.82, 2.24) is 4.57 Å². The zero-order valence-electron chi connectivity index (χ0n) is 9.52. The van der Waals surface area contributed by atoms with E-state index in [0.29, 0.717) is 0 Å². The van der Waals surface area contributed by atoms with Gasteiger partial charge in [-0.2, -0.15) is 0 Å². The van der Waals surface area contributed by atoms with Gasteiger partial charge in [0.1, 0.15) is 0 Å². The maximum atomic E-state index is 5.85. The van der Waals surface area contributed by atoms with Crippen molar-refractivity contribution < 1.29 is 0 Å². The van der Waals surface area contributed by atoms with Crippen LogP contribution in [0.2, 0.25) is 0 Å². The smallest absolute Gasteiger partial charge is 0.0500 e. The molecule has 16 heavy (non-hydrogen) atoms. The predicted molar refractivity (Wildman–Crippen MR) is 68.3 cm³/mol. The Hall–Kier alpha value is -1.44. The first-order chi connectivity index (χ1) is 7.83. The number of hydrogen-bond donors (Lipinski definition) is 1. The summed E-state index contributed by atoms with van der Waals surface area (Å²) in [5, 5.41) is 1.30. The maximum absolute atomic E-state index is 5.85. The quantitative estimate of drug-likeness (QED) is 0.763. The molecule has 0 atom stereocenters. The van der Waals surface area contributed by atoms with E-state index in [9.17, 15) is 0 Å². The van der Waals surface area contributed by atoms with E-state index >= 15 is 0 Å². The van der Waals surface area contributed by atoms with Crippen LogP contribution >= 0.6 is 0 Å². The van der Waals surface area contributed by atoms with E-state index in [0.717, 1.165) is 18.2 Å². The molecule has 1 heterocycles. The van der Waals surface area contributed by atoms with E-state index in [1.807, 2.05) is 6.07 Å². The lowest BCUT2D eigenvalue weighted by Crippen LogP contribution is -2.05. The van der Waals surface area contributed by atoms with Crippen LogP contribution in [0.25, 0.3) is 10.9 Å². The molecule has 1 aromatic heterocycles. The van der Waals surface area contributed by atoms with E-state index in [4.69, 9.17) is 5.73 Å². The van der Waals surface area contributed by atoms with Crippen molar-refractivity contribution in [2.45, 2.75) is 32.2 Å². The molecular weight excluding hydrogens is 196 g/mol. The number of nitrogens with two attached hydrogens (primary N) is 1. The number of fused-ring (bicyclic) bond motifs is 1. The molecule has 0 spiro atoms. The minimum atomic E-state index is 0.860. The second-order valence-corrected chi connectivity index (χ2v) is 4.94. The lowest BCUT2D eigenvalue weighted by Gasteiger charge is -2.11. The number of hydrogen-bond acceptors (Lipinski definition) is 1. The van der Waals surface area contributed by atoms with E-state index < -0.39 is 0 Å². The van der Waals surface area contributed by atoms with Gasteiger partial charge >= 0.3 is 0 Å². The van der Waals surface area contributed by atoms with E-state index in [1.54, 1.807) is 0 Å². The SMILES string of the molecule is Nc1ccc2ccn(CC3CCCC3)c2c1. The molecule has 1 fully saturated rings. The number of anilines is 1. The summed E-state index contributed by atoms with van der Waals surface area (Å²) in [7, 11) is 0. The monoisotopic (exact) mass is 214 g/mol. The molecule has 2 aromatic rings. The van der Waals surface area contributed by atoms with Crippen molar-refractivity contribution in [3.05, 3.63) is 30.5 Å². The highest BCUT2D eigenvalue weighted by Gasteiger charge is 2.15. The first-order valence-corrected chi connectivity index (χ1v) is 6.17. The lowest BCUT2D eigenvalue weighted by atomic mass is 10.1. The zero-order valence-corrected chi connectivity index (χ0v) is 9.52. The van der Waals surface area contributed by atoms with Crippen molar-refractivity contribution in [3.8, 4) is 0 Å². The van der Waals surface area contributed by atoms with Gasteiger partial charge in [-0.15, -0.1) is 0 Å². The van der Waals surface area contributed by atoms with E-state index in [2.05, 4.69) is 29.0 Å². The highest BCUT2D eigenvalue weighted by molar-refractivity contribution is 5.83. The minimum absolute atomic E-state index is 0.860. The van der Waals surface area contributed by atoms with Gasteiger partial charge in [-0.25, -0.2) is 0 Å². The molecule has 1 aromatic carbocycles. The summed E-state index contributed by atoms with van der Waals surface area (Å²) < 4.78 is 2.36. The van der Waals surface area contributed by atoms with Gasteiger partial charge in [-0.05, 0) is 42.3 Å². The topological polar surface area (TPSA) is 30.9 Å². The molecule has 3 rings (SSSR count).